The summed E-state index contributed by atoms with van der Waals surface area (Å²) in [5.74, 6) is 0. The van der Waals surface area contributed by atoms with Crippen LogP contribution in [0.5, 0.6) is 0 Å². The molecule has 25 heavy (non-hydrogen) atoms. The second-order valence-electron chi connectivity index (χ2n) is 7.17. The number of carbonyl (C=O) groups excluding carboxylic acids is 1. The summed E-state index contributed by atoms with van der Waals surface area (Å²) in [6.07, 6.45) is 3.30. The number of hydrogen-bond acceptors (Lipinski definition) is 4. The molecule has 0 bridgehead atoms. The third kappa shape index (κ3) is 7.34. The first kappa shape index (κ1) is 20.2. The summed E-state index contributed by atoms with van der Waals surface area (Å²) < 4.78 is 0. The van der Waals surface area contributed by atoms with Crippen molar-refractivity contribution in [2.24, 2.45) is 0 Å². The molecule has 0 radical (unpaired) electrons. The van der Waals surface area contributed by atoms with Crippen LogP contribution in [0.4, 0.5) is 4.79 Å². The van der Waals surface area contributed by atoms with E-state index in [1.165, 1.54) is 4.88 Å². The van der Waals surface area contributed by atoms with Crippen LogP contribution < -0.4 is 5.32 Å². The van der Waals surface area contributed by atoms with Crippen LogP contribution in [0.3, 0.4) is 0 Å². The van der Waals surface area contributed by atoms with Gasteiger partial charge in [0.15, 0.2) is 0 Å². The highest BCUT2D eigenvalue weighted by atomic mass is 32.1. The summed E-state index contributed by atoms with van der Waals surface area (Å²) in [7, 11) is 2.15. The van der Waals surface area contributed by atoms with Crippen molar-refractivity contribution >= 4 is 17.4 Å². The number of amides is 2. The first-order valence-electron chi connectivity index (χ1n) is 9.54. The van der Waals surface area contributed by atoms with Crippen LogP contribution in [0.1, 0.15) is 31.6 Å². The van der Waals surface area contributed by atoms with Gasteiger partial charge in [-0.05, 0) is 58.1 Å². The molecule has 0 saturated carbocycles. The highest BCUT2D eigenvalue weighted by Crippen LogP contribution is 2.11. The Labute approximate surface area is 157 Å². The molecular formula is C19H34N4OS. The van der Waals surface area contributed by atoms with E-state index in [2.05, 4.69) is 53.5 Å². The number of hydrogen-bond donors (Lipinski definition) is 1. The van der Waals surface area contributed by atoms with Gasteiger partial charge in [-0.2, -0.15) is 0 Å². The molecule has 2 amide bonds. The van der Waals surface area contributed by atoms with Gasteiger partial charge in [-0.3, -0.25) is 4.90 Å². The number of nitrogens with one attached hydrogen (secondary N) is 1. The maximum Gasteiger partial charge on any atom is 0.317 e. The third-order valence-corrected chi connectivity index (χ3v) is 5.95. The lowest BCUT2D eigenvalue weighted by atomic mass is 10.2. The van der Waals surface area contributed by atoms with E-state index in [1.54, 1.807) is 0 Å². The maximum atomic E-state index is 12.2. The van der Waals surface area contributed by atoms with E-state index >= 15 is 0 Å². The Morgan fingerprint density at radius 1 is 1.28 bits per heavy atom. The van der Waals surface area contributed by atoms with Crippen molar-refractivity contribution in [3.63, 3.8) is 0 Å². The standard InChI is InChI=1S/C19H34N4OS/c1-17(2)21(3)10-5-4-9-20-19(24)23-14-12-22(13-15-23)11-8-18-7-6-16-25-18/h6-7,16-17H,4-5,8-15H2,1-3H3,(H,20,24). The zero-order valence-electron chi connectivity index (χ0n) is 16.0. The van der Waals surface area contributed by atoms with E-state index in [4.69, 9.17) is 0 Å². The second kappa shape index (κ2) is 10.8. The zero-order chi connectivity index (χ0) is 18.1. The largest absolute Gasteiger partial charge is 0.338 e. The molecule has 0 atom stereocenters. The van der Waals surface area contributed by atoms with Gasteiger partial charge in [0.05, 0.1) is 0 Å². The third-order valence-electron chi connectivity index (χ3n) is 5.01. The molecular weight excluding hydrogens is 332 g/mol. The fraction of sp³-hybridized carbons (Fsp3) is 0.737. The van der Waals surface area contributed by atoms with E-state index in [-0.39, 0.29) is 6.03 Å². The Morgan fingerprint density at radius 3 is 2.68 bits per heavy atom. The monoisotopic (exact) mass is 366 g/mol. The van der Waals surface area contributed by atoms with Crippen LogP contribution in [0.2, 0.25) is 0 Å². The van der Waals surface area contributed by atoms with Gasteiger partial charge in [0.25, 0.3) is 0 Å². The maximum absolute atomic E-state index is 12.2. The quantitative estimate of drug-likeness (QED) is 0.683. The van der Waals surface area contributed by atoms with E-state index in [9.17, 15) is 4.79 Å². The Bertz CT molecular complexity index is 484. The summed E-state index contributed by atoms with van der Waals surface area (Å²) in [5, 5.41) is 5.21. The minimum Gasteiger partial charge on any atom is -0.338 e. The van der Waals surface area contributed by atoms with Crippen molar-refractivity contribution in [2.75, 3.05) is 52.9 Å². The normalized spacial score (nSPS) is 16.0. The van der Waals surface area contributed by atoms with E-state index in [0.29, 0.717) is 6.04 Å². The molecule has 5 nitrogen and oxygen atoms in total. The van der Waals surface area contributed by atoms with Crippen LogP contribution in [0.25, 0.3) is 0 Å². The molecule has 1 N–H and O–H groups in total. The fourth-order valence-corrected chi connectivity index (χ4v) is 3.65. The molecule has 0 unspecified atom stereocenters. The Kier molecular flexibility index (Phi) is 8.72. The van der Waals surface area contributed by atoms with Crippen LogP contribution in [0, 0.1) is 0 Å². The molecule has 2 heterocycles. The first-order valence-corrected chi connectivity index (χ1v) is 10.4. The van der Waals surface area contributed by atoms with Crippen LogP contribution in [0.15, 0.2) is 17.5 Å². The minimum atomic E-state index is 0.107. The van der Waals surface area contributed by atoms with Crippen molar-refractivity contribution in [3.05, 3.63) is 22.4 Å². The highest BCUT2D eigenvalue weighted by molar-refractivity contribution is 7.09. The predicted octanol–water partition coefficient (Wildman–Crippen LogP) is 2.74. The van der Waals surface area contributed by atoms with Gasteiger partial charge in [0, 0.05) is 50.2 Å². The van der Waals surface area contributed by atoms with Gasteiger partial charge in [-0.1, -0.05) is 6.07 Å². The number of piperazine rings is 1. The molecule has 1 aliphatic heterocycles. The van der Waals surface area contributed by atoms with Crippen LogP contribution in [-0.4, -0.2) is 79.6 Å². The molecule has 0 aliphatic carbocycles. The molecule has 1 fully saturated rings. The van der Waals surface area contributed by atoms with Gasteiger partial charge < -0.3 is 15.1 Å². The highest BCUT2D eigenvalue weighted by Gasteiger charge is 2.20. The second-order valence-corrected chi connectivity index (χ2v) is 8.20. The molecule has 2 rings (SSSR count). The van der Waals surface area contributed by atoms with Crippen molar-refractivity contribution in [1.29, 1.82) is 0 Å². The van der Waals surface area contributed by atoms with E-state index < -0.39 is 0 Å². The van der Waals surface area contributed by atoms with Gasteiger partial charge >= 0.3 is 6.03 Å². The molecule has 1 aromatic heterocycles. The summed E-state index contributed by atoms with van der Waals surface area (Å²) in [6.45, 7) is 11.0. The summed E-state index contributed by atoms with van der Waals surface area (Å²) in [5.41, 5.74) is 0. The molecule has 0 aromatic carbocycles. The zero-order valence-corrected chi connectivity index (χ0v) is 16.9. The number of thiophene rings is 1. The number of carbonyl (C=O) groups is 1. The predicted molar refractivity (Wildman–Crippen MR) is 106 cm³/mol. The molecule has 0 spiro atoms. The Morgan fingerprint density at radius 2 is 2.04 bits per heavy atom. The van der Waals surface area contributed by atoms with Crippen LogP contribution >= 0.6 is 11.3 Å². The van der Waals surface area contributed by atoms with Gasteiger partial charge in [-0.25, -0.2) is 4.79 Å². The van der Waals surface area contributed by atoms with Crippen molar-refractivity contribution in [1.82, 2.24) is 20.0 Å². The first-order chi connectivity index (χ1) is 12.1. The van der Waals surface area contributed by atoms with E-state index in [1.807, 2.05) is 16.2 Å². The molecule has 1 aromatic rings. The minimum absolute atomic E-state index is 0.107. The van der Waals surface area contributed by atoms with Crippen molar-refractivity contribution in [3.8, 4) is 0 Å². The Balaban J connectivity index is 1.53. The lowest BCUT2D eigenvalue weighted by Crippen LogP contribution is -2.52. The summed E-state index contributed by atoms with van der Waals surface area (Å²) in [4.78, 5) is 20.5. The summed E-state index contributed by atoms with van der Waals surface area (Å²) >= 11 is 1.83. The van der Waals surface area contributed by atoms with Crippen molar-refractivity contribution in [2.45, 2.75) is 39.2 Å². The molecule has 6 heteroatoms. The average Bonchev–Trinajstić information content (AvgIpc) is 3.13. The average molecular weight is 367 g/mol. The summed E-state index contributed by atoms with van der Waals surface area (Å²) in [6, 6.07) is 5.01. The lowest BCUT2D eigenvalue weighted by molar-refractivity contribution is 0.140. The van der Waals surface area contributed by atoms with Crippen molar-refractivity contribution < 1.29 is 4.79 Å². The van der Waals surface area contributed by atoms with E-state index in [0.717, 1.165) is 65.1 Å². The number of unbranched alkanes of at least 4 members (excludes halogenated alkanes) is 1. The SMILES string of the molecule is CC(C)N(C)CCCCNC(=O)N1CCN(CCc2cccs2)CC1. The van der Waals surface area contributed by atoms with Gasteiger partial charge in [0.2, 0.25) is 0 Å². The molecule has 1 aliphatic rings. The van der Waals surface area contributed by atoms with Gasteiger partial charge in [0.1, 0.15) is 0 Å². The topological polar surface area (TPSA) is 38.8 Å². The fourth-order valence-electron chi connectivity index (χ4n) is 2.95. The lowest BCUT2D eigenvalue weighted by Gasteiger charge is -2.34. The molecule has 142 valence electrons. The number of rotatable bonds is 9. The van der Waals surface area contributed by atoms with Crippen LogP contribution in [-0.2, 0) is 6.42 Å². The van der Waals surface area contributed by atoms with Gasteiger partial charge in [-0.15, -0.1) is 11.3 Å². The molecule has 1 saturated heterocycles. The number of nitrogens with zero attached hydrogens (tertiary/aromatic N) is 3. The smallest absolute Gasteiger partial charge is 0.317 e. The Hall–Kier alpha value is -1.11. The number of urea groups is 1.